The minimum atomic E-state index is 0.933. The van der Waals surface area contributed by atoms with Crippen molar-refractivity contribution in [3.05, 3.63) is 108 Å². The van der Waals surface area contributed by atoms with Crippen LogP contribution in [0.25, 0.3) is 61.2 Å². The first-order chi connectivity index (χ1) is 17.7. The molecule has 0 radical (unpaired) electrons. The predicted molar refractivity (Wildman–Crippen MR) is 150 cm³/mol. The molecule has 0 aliphatic heterocycles. The summed E-state index contributed by atoms with van der Waals surface area (Å²) < 4.78 is 8.69. The van der Waals surface area contributed by atoms with Crippen LogP contribution in [0.5, 0.6) is 0 Å². The molecule has 0 spiro atoms. The molecular weight excluding hydrogens is 440 g/mol. The lowest BCUT2D eigenvalue weighted by Gasteiger charge is -2.15. The molecule has 0 unspecified atom stereocenters. The van der Waals surface area contributed by atoms with Gasteiger partial charge in [-0.15, -0.1) is 0 Å². The second-order valence-electron chi connectivity index (χ2n) is 9.75. The van der Waals surface area contributed by atoms with Crippen molar-refractivity contribution in [3.63, 3.8) is 0 Å². The lowest BCUT2D eigenvalue weighted by molar-refractivity contribution is 0.670. The second-order valence-corrected chi connectivity index (χ2v) is 9.75. The van der Waals surface area contributed by atoms with Crippen LogP contribution in [0, 0.1) is 13.8 Å². The zero-order chi connectivity index (χ0) is 24.2. The van der Waals surface area contributed by atoms with E-state index in [2.05, 4.69) is 116 Å². The number of aryl methyl sites for hydroxylation is 2. The number of furan rings is 1. The molecule has 3 heteroatoms. The van der Waals surface area contributed by atoms with Crippen LogP contribution in [-0.4, -0.2) is 9.55 Å². The minimum absolute atomic E-state index is 0.933. The van der Waals surface area contributed by atoms with Crippen molar-refractivity contribution in [1.29, 1.82) is 0 Å². The highest BCUT2D eigenvalue weighted by molar-refractivity contribution is 6.10. The lowest BCUT2D eigenvalue weighted by atomic mass is 9.98. The van der Waals surface area contributed by atoms with Gasteiger partial charge >= 0.3 is 0 Å². The molecule has 0 bridgehead atoms. The molecule has 7 rings (SSSR count). The molecule has 0 atom stereocenters. The van der Waals surface area contributed by atoms with Gasteiger partial charge < -0.3 is 4.42 Å². The molecule has 0 saturated carbocycles. The zero-order valence-electron chi connectivity index (χ0n) is 20.5. The number of imidazole rings is 1. The first-order valence-corrected chi connectivity index (χ1v) is 12.5. The Morgan fingerprint density at radius 2 is 1.61 bits per heavy atom. The first-order valence-electron chi connectivity index (χ1n) is 12.5. The summed E-state index contributed by atoms with van der Waals surface area (Å²) in [6.45, 7) is 4.28. The minimum Gasteiger partial charge on any atom is -0.455 e. The number of allylic oxidation sites excluding steroid dienone is 4. The van der Waals surface area contributed by atoms with Gasteiger partial charge in [-0.3, -0.25) is 4.57 Å². The molecule has 36 heavy (non-hydrogen) atoms. The van der Waals surface area contributed by atoms with Crippen LogP contribution in [0.2, 0.25) is 0 Å². The summed E-state index contributed by atoms with van der Waals surface area (Å²) in [6, 6.07) is 28.0. The maximum Gasteiger partial charge on any atom is 0.145 e. The third-order valence-corrected chi connectivity index (χ3v) is 7.16. The number of fused-ring (bicyclic) bond motifs is 4. The molecule has 0 saturated heterocycles. The van der Waals surface area contributed by atoms with Gasteiger partial charge in [0.15, 0.2) is 0 Å². The Labute approximate surface area is 210 Å². The standard InChI is InChI=1S/C33H26N2O/c1-21-12-17-31-27(18-21)28-20-22(2)19-26(32(28)36-31)23-13-15-24(16-14-23)33-34-29-10-6-7-11-30(29)35(33)25-8-4-3-5-9-25/h3-4,6-8,10-20H,5,9H2,1-2H3. The van der Waals surface area contributed by atoms with Crippen molar-refractivity contribution < 1.29 is 4.42 Å². The molecule has 0 N–H and O–H groups in total. The molecule has 0 amide bonds. The van der Waals surface area contributed by atoms with Crippen LogP contribution >= 0.6 is 0 Å². The van der Waals surface area contributed by atoms with E-state index >= 15 is 0 Å². The summed E-state index contributed by atoms with van der Waals surface area (Å²) in [5.41, 5.74) is 11.2. The zero-order valence-corrected chi connectivity index (χ0v) is 20.5. The fraction of sp³-hybridized carbons (Fsp3) is 0.121. The van der Waals surface area contributed by atoms with Crippen molar-refractivity contribution in [2.75, 3.05) is 0 Å². The van der Waals surface area contributed by atoms with Crippen molar-refractivity contribution >= 4 is 38.7 Å². The Bertz CT molecular complexity index is 1840. The molecule has 174 valence electrons. The Hall–Kier alpha value is -4.37. The van der Waals surface area contributed by atoms with Crippen molar-refractivity contribution in [2.24, 2.45) is 0 Å². The Balaban J connectivity index is 1.38. The van der Waals surface area contributed by atoms with Crippen LogP contribution in [0.4, 0.5) is 0 Å². The van der Waals surface area contributed by atoms with E-state index in [0.29, 0.717) is 0 Å². The largest absolute Gasteiger partial charge is 0.455 e. The molecule has 1 aliphatic rings. The highest BCUT2D eigenvalue weighted by atomic mass is 16.3. The van der Waals surface area contributed by atoms with Crippen LogP contribution in [0.15, 0.2) is 102 Å². The topological polar surface area (TPSA) is 31.0 Å². The Kier molecular flexibility index (Phi) is 4.71. The van der Waals surface area contributed by atoms with E-state index in [4.69, 9.17) is 9.40 Å². The SMILES string of the molecule is Cc1ccc2oc3c(-c4ccc(-c5nc6ccccc6n5C5=CC=CCC5)cc4)cc(C)cc3c2c1. The van der Waals surface area contributed by atoms with Crippen molar-refractivity contribution in [3.8, 4) is 22.5 Å². The molecule has 6 aromatic rings. The Morgan fingerprint density at radius 3 is 2.44 bits per heavy atom. The maximum absolute atomic E-state index is 6.37. The fourth-order valence-electron chi connectivity index (χ4n) is 5.44. The van der Waals surface area contributed by atoms with Gasteiger partial charge in [0.2, 0.25) is 0 Å². The average Bonchev–Trinajstić information content (AvgIpc) is 3.47. The lowest BCUT2D eigenvalue weighted by Crippen LogP contribution is -2.01. The van der Waals surface area contributed by atoms with E-state index in [-0.39, 0.29) is 0 Å². The summed E-state index contributed by atoms with van der Waals surface area (Å²) in [5.74, 6) is 0.984. The maximum atomic E-state index is 6.37. The molecule has 3 nitrogen and oxygen atoms in total. The number of rotatable bonds is 3. The third kappa shape index (κ3) is 3.31. The predicted octanol–water partition coefficient (Wildman–Crippen LogP) is 9.08. The quantitative estimate of drug-likeness (QED) is 0.260. The van der Waals surface area contributed by atoms with Gasteiger partial charge in [-0.05, 0) is 80.3 Å². The number of aromatic nitrogens is 2. The van der Waals surface area contributed by atoms with Gasteiger partial charge in [0.1, 0.15) is 17.0 Å². The number of benzene rings is 4. The first kappa shape index (κ1) is 21.0. The monoisotopic (exact) mass is 466 g/mol. The van der Waals surface area contributed by atoms with Crippen LogP contribution in [-0.2, 0) is 0 Å². The van der Waals surface area contributed by atoms with E-state index in [1.807, 2.05) is 0 Å². The van der Waals surface area contributed by atoms with Gasteiger partial charge in [-0.2, -0.15) is 0 Å². The highest BCUT2D eigenvalue weighted by Gasteiger charge is 2.17. The number of nitrogens with zero attached hydrogens (tertiary/aromatic N) is 2. The average molecular weight is 467 g/mol. The number of para-hydroxylation sites is 2. The van der Waals surface area contributed by atoms with Gasteiger partial charge in [0.25, 0.3) is 0 Å². The van der Waals surface area contributed by atoms with Crippen LogP contribution < -0.4 is 0 Å². The molecular formula is C33H26N2O. The van der Waals surface area contributed by atoms with Gasteiger partial charge in [-0.25, -0.2) is 4.98 Å². The summed E-state index contributed by atoms with van der Waals surface area (Å²) in [5, 5.41) is 2.35. The molecule has 0 fully saturated rings. The van der Waals surface area contributed by atoms with Crippen molar-refractivity contribution in [1.82, 2.24) is 9.55 Å². The Morgan fingerprint density at radius 1 is 0.806 bits per heavy atom. The van der Waals surface area contributed by atoms with E-state index in [1.165, 1.54) is 27.6 Å². The van der Waals surface area contributed by atoms with Crippen molar-refractivity contribution in [2.45, 2.75) is 26.7 Å². The summed E-state index contributed by atoms with van der Waals surface area (Å²) >= 11 is 0. The second kappa shape index (κ2) is 8.10. The summed E-state index contributed by atoms with van der Waals surface area (Å²) in [6.07, 6.45) is 8.64. The molecule has 2 heterocycles. The smallest absolute Gasteiger partial charge is 0.145 e. The van der Waals surface area contributed by atoms with E-state index in [9.17, 15) is 0 Å². The molecule has 2 aromatic heterocycles. The van der Waals surface area contributed by atoms with Gasteiger partial charge in [0.05, 0.1) is 11.0 Å². The normalized spacial score (nSPS) is 13.7. The fourth-order valence-corrected chi connectivity index (χ4v) is 5.44. The van der Waals surface area contributed by atoms with Gasteiger partial charge in [-0.1, -0.05) is 60.2 Å². The molecule has 4 aromatic carbocycles. The number of hydrogen-bond donors (Lipinski definition) is 0. The highest BCUT2D eigenvalue weighted by Crippen LogP contribution is 2.38. The summed E-state index contributed by atoms with van der Waals surface area (Å²) in [7, 11) is 0. The summed E-state index contributed by atoms with van der Waals surface area (Å²) in [4.78, 5) is 5.04. The van der Waals surface area contributed by atoms with E-state index in [1.54, 1.807) is 0 Å². The van der Waals surface area contributed by atoms with Gasteiger partial charge in [0, 0.05) is 27.6 Å². The van der Waals surface area contributed by atoms with E-state index in [0.717, 1.165) is 57.6 Å². The van der Waals surface area contributed by atoms with Crippen LogP contribution in [0.3, 0.4) is 0 Å². The number of hydrogen-bond acceptors (Lipinski definition) is 2. The molecule has 1 aliphatic carbocycles. The van der Waals surface area contributed by atoms with Crippen LogP contribution in [0.1, 0.15) is 24.0 Å². The van der Waals surface area contributed by atoms with E-state index < -0.39 is 0 Å². The third-order valence-electron chi connectivity index (χ3n) is 7.16.